The maximum atomic E-state index is 12.4. The van der Waals surface area contributed by atoms with Crippen LogP contribution >= 0.6 is 0 Å². The van der Waals surface area contributed by atoms with Crippen LogP contribution in [0, 0.1) is 0 Å². The SMILES string of the molecule is COc1ccc(NC(=O)c2ccc(NC(=O)C[C@@H]3OC(=O)c4ccccc43)cc2)cc1. The van der Waals surface area contributed by atoms with E-state index >= 15 is 0 Å². The van der Waals surface area contributed by atoms with Gasteiger partial charge >= 0.3 is 5.97 Å². The number of esters is 1. The van der Waals surface area contributed by atoms with Crippen molar-refractivity contribution < 1.29 is 23.9 Å². The van der Waals surface area contributed by atoms with Crippen LogP contribution in [0.4, 0.5) is 11.4 Å². The second-order valence-corrected chi connectivity index (χ2v) is 6.99. The summed E-state index contributed by atoms with van der Waals surface area (Å²) in [6.45, 7) is 0. The van der Waals surface area contributed by atoms with Crippen LogP contribution in [-0.2, 0) is 9.53 Å². The average Bonchev–Trinajstić information content (AvgIpc) is 3.10. The number of rotatable bonds is 6. The largest absolute Gasteiger partial charge is 0.497 e. The van der Waals surface area contributed by atoms with E-state index < -0.39 is 12.1 Å². The molecule has 0 saturated carbocycles. The van der Waals surface area contributed by atoms with Gasteiger partial charge in [0.25, 0.3) is 5.91 Å². The maximum absolute atomic E-state index is 12.4. The molecule has 0 unspecified atom stereocenters. The Labute approximate surface area is 179 Å². The number of carbonyl (C=O) groups excluding carboxylic acids is 3. The van der Waals surface area contributed by atoms with Crippen LogP contribution in [0.3, 0.4) is 0 Å². The molecule has 4 rings (SSSR count). The number of methoxy groups -OCH3 is 1. The van der Waals surface area contributed by atoms with Gasteiger partial charge in [-0.3, -0.25) is 9.59 Å². The molecule has 3 aromatic carbocycles. The molecule has 3 aromatic rings. The maximum Gasteiger partial charge on any atom is 0.339 e. The number of ether oxygens (including phenoxy) is 2. The highest BCUT2D eigenvalue weighted by Crippen LogP contribution is 2.33. The summed E-state index contributed by atoms with van der Waals surface area (Å²) in [6.07, 6.45) is -0.583. The number of benzene rings is 3. The van der Waals surface area contributed by atoms with Crippen molar-refractivity contribution in [3.63, 3.8) is 0 Å². The first-order valence-corrected chi connectivity index (χ1v) is 9.69. The standard InChI is InChI=1S/C24H20N2O5/c1-30-18-12-10-17(11-13-18)26-23(28)15-6-8-16(9-7-15)25-22(27)14-21-19-4-2-3-5-20(19)24(29)31-21/h2-13,21H,14H2,1H3,(H,25,27)(H,26,28)/t21-/m0/s1. The molecule has 0 aromatic heterocycles. The second-order valence-electron chi connectivity index (χ2n) is 6.99. The van der Waals surface area contributed by atoms with E-state index in [2.05, 4.69) is 10.6 Å². The zero-order valence-electron chi connectivity index (χ0n) is 16.8. The van der Waals surface area contributed by atoms with Gasteiger partial charge in [-0.05, 0) is 54.6 Å². The van der Waals surface area contributed by atoms with Crippen molar-refractivity contribution in [1.29, 1.82) is 0 Å². The molecule has 0 spiro atoms. The van der Waals surface area contributed by atoms with E-state index in [4.69, 9.17) is 9.47 Å². The molecular formula is C24H20N2O5. The third-order valence-electron chi connectivity index (χ3n) is 4.93. The molecule has 0 fully saturated rings. The summed E-state index contributed by atoms with van der Waals surface area (Å²) in [6, 6.07) is 20.6. The Bertz CT molecular complexity index is 1120. The molecule has 1 atom stereocenters. The number of anilines is 2. The topological polar surface area (TPSA) is 93.7 Å². The number of nitrogens with one attached hydrogen (secondary N) is 2. The lowest BCUT2D eigenvalue weighted by Gasteiger charge is -2.11. The third-order valence-corrected chi connectivity index (χ3v) is 4.93. The van der Waals surface area contributed by atoms with Crippen LogP contribution < -0.4 is 15.4 Å². The van der Waals surface area contributed by atoms with Crippen molar-refractivity contribution in [2.45, 2.75) is 12.5 Å². The Morgan fingerprint density at radius 1 is 0.903 bits per heavy atom. The molecule has 2 N–H and O–H groups in total. The van der Waals surface area contributed by atoms with Gasteiger partial charge in [-0.25, -0.2) is 4.79 Å². The molecule has 0 aliphatic carbocycles. The molecule has 0 saturated heterocycles. The summed E-state index contributed by atoms with van der Waals surface area (Å²) in [5.74, 6) is -0.267. The van der Waals surface area contributed by atoms with Gasteiger partial charge in [-0.15, -0.1) is 0 Å². The van der Waals surface area contributed by atoms with E-state index in [1.807, 2.05) is 0 Å². The lowest BCUT2D eigenvalue weighted by atomic mass is 10.0. The Morgan fingerprint density at radius 2 is 1.55 bits per heavy atom. The van der Waals surface area contributed by atoms with E-state index in [-0.39, 0.29) is 18.2 Å². The molecule has 7 nitrogen and oxygen atoms in total. The van der Waals surface area contributed by atoms with Crippen LogP contribution in [0.2, 0.25) is 0 Å². The number of hydrogen-bond acceptors (Lipinski definition) is 5. The normalized spacial score (nSPS) is 14.4. The van der Waals surface area contributed by atoms with Crippen molar-refractivity contribution in [2.75, 3.05) is 17.7 Å². The van der Waals surface area contributed by atoms with Gasteiger partial charge < -0.3 is 20.1 Å². The van der Waals surface area contributed by atoms with Gasteiger partial charge in [0.1, 0.15) is 11.9 Å². The monoisotopic (exact) mass is 416 g/mol. The first-order chi connectivity index (χ1) is 15.0. The fourth-order valence-corrected chi connectivity index (χ4v) is 3.33. The van der Waals surface area contributed by atoms with Crippen LogP contribution in [-0.4, -0.2) is 24.9 Å². The molecule has 0 bridgehead atoms. The fraction of sp³-hybridized carbons (Fsp3) is 0.125. The lowest BCUT2D eigenvalue weighted by Crippen LogP contribution is -2.16. The summed E-state index contributed by atoms with van der Waals surface area (Å²) in [4.78, 5) is 36.7. The van der Waals surface area contributed by atoms with Gasteiger partial charge in [0.15, 0.2) is 0 Å². The highest BCUT2D eigenvalue weighted by atomic mass is 16.5. The molecule has 0 radical (unpaired) electrons. The number of fused-ring (bicyclic) bond motifs is 1. The zero-order chi connectivity index (χ0) is 21.8. The van der Waals surface area contributed by atoms with E-state index in [0.29, 0.717) is 33.8 Å². The number of amides is 2. The van der Waals surface area contributed by atoms with E-state index in [1.54, 1.807) is 79.9 Å². The van der Waals surface area contributed by atoms with Crippen molar-refractivity contribution in [1.82, 2.24) is 0 Å². The minimum Gasteiger partial charge on any atom is -0.497 e. The summed E-state index contributed by atoms with van der Waals surface area (Å²) in [5.41, 5.74) is 2.85. The number of cyclic esters (lactones) is 1. The summed E-state index contributed by atoms with van der Waals surface area (Å²) in [7, 11) is 1.58. The first kappa shape index (κ1) is 20.2. The van der Waals surface area contributed by atoms with E-state index in [9.17, 15) is 14.4 Å². The molecule has 7 heteroatoms. The van der Waals surface area contributed by atoms with Crippen LogP contribution in [0.5, 0.6) is 5.75 Å². The minimum atomic E-state index is -0.599. The quantitative estimate of drug-likeness (QED) is 0.588. The lowest BCUT2D eigenvalue weighted by molar-refractivity contribution is -0.118. The van der Waals surface area contributed by atoms with E-state index in [1.165, 1.54) is 0 Å². The molecule has 2 amide bonds. The van der Waals surface area contributed by atoms with Gasteiger partial charge in [0, 0.05) is 22.5 Å². The third kappa shape index (κ3) is 4.56. The summed E-state index contributed by atoms with van der Waals surface area (Å²) < 4.78 is 10.4. The molecule has 1 heterocycles. The Balaban J connectivity index is 1.34. The van der Waals surface area contributed by atoms with Gasteiger partial charge in [-0.2, -0.15) is 0 Å². The van der Waals surface area contributed by atoms with Crippen molar-refractivity contribution in [2.24, 2.45) is 0 Å². The Morgan fingerprint density at radius 3 is 2.26 bits per heavy atom. The highest BCUT2D eigenvalue weighted by Gasteiger charge is 2.32. The molecule has 1 aliphatic heterocycles. The Kier molecular flexibility index (Phi) is 5.66. The van der Waals surface area contributed by atoms with Crippen molar-refractivity contribution in [3.8, 4) is 5.75 Å². The predicted octanol–water partition coefficient (Wildman–Crippen LogP) is 4.19. The fourth-order valence-electron chi connectivity index (χ4n) is 3.33. The highest BCUT2D eigenvalue weighted by molar-refractivity contribution is 6.04. The summed E-state index contributed by atoms with van der Waals surface area (Å²) >= 11 is 0. The number of carbonyl (C=O) groups is 3. The van der Waals surface area contributed by atoms with E-state index in [0.717, 1.165) is 0 Å². The van der Waals surface area contributed by atoms with Gasteiger partial charge in [0.05, 0.1) is 19.1 Å². The van der Waals surface area contributed by atoms with Crippen LogP contribution in [0.15, 0.2) is 72.8 Å². The first-order valence-electron chi connectivity index (χ1n) is 9.69. The second kappa shape index (κ2) is 8.71. The zero-order valence-corrected chi connectivity index (χ0v) is 16.8. The number of hydrogen-bond donors (Lipinski definition) is 2. The Hall–Kier alpha value is -4.13. The van der Waals surface area contributed by atoms with Crippen molar-refractivity contribution >= 4 is 29.2 Å². The van der Waals surface area contributed by atoms with Gasteiger partial charge in [-0.1, -0.05) is 18.2 Å². The smallest absolute Gasteiger partial charge is 0.339 e. The molecular weight excluding hydrogens is 396 g/mol. The minimum absolute atomic E-state index is 0.0163. The van der Waals surface area contributed by atoms with Crippen molar-refractivity contribution in [3.05, 3.63) is 89.5 Å². The molecule has 31 heavy (non-hydrogen) atoms. The average molecular weight is 416 g/mol. The summed E-state index contributed by atoms with van der Waals surface area (Å²) in [5, 5.41) is 5.57. The predicted molar refractivity (Wildman–Crippen MR) is 115 cm³/mol. The van der Waals surface area contributed by atoms with Crippen LogP contribution in [0.25, 0.3) is 0 Å². The van der Waals surface area contributed by atoms with Crippen LogP contribution in [0.1, 0.15) is 38.8 Å². The molecule has 1 aliphatic rings. The van der Waals surface area contributed by atoms with Gasteiger partial charge in [0.2, 0.25) is 5.91 Å². The molecule has 156 valence electrons.